The number of unbranched alkanes of at least 4 members (excludes halogenated alkanes) is 1. The molecule has 2 nitrogen and oxygen atoms in total. The van der Waals surface area contributed by atoms with E-state index in [-0.39, 0.29) is 17.3 Å². The van der Waals surface area contributed by atoms with Crippen molar-refractivity contribution in [3.8, 4) is 6.07 Å². The molecule has 3 heteroatoms. The number of hydrogen-bond acceptors (Lipinski definition) is 2. The number of carbonyl (C=O) groups excluding carboxylic acids is 1. The summed E-state index contributed by atoms with van der Waals surface area (Å²) in [6.07, 6.45) is 3.66. The summed E-state index contributed by atoms with van der Waals surface area (Å²) in [4.78, 5) is 12.2. The average molecular weight is 247 g/mol. The van der Waals surface area contributed by atoms with Crippen molar-refractivity contribution in [3.63, 3.8) is 0 Å². The monoisotopic (exact) mass is 247 g/mol. The van der Waals surface area contributed by atoms with Gasteiger partial charge in [-0.2, -0.15) is 5.26 Å². The Morgan fingerprint density at radius 1 is 1.44 bits per heavy atom. The largest absolute Gasteiger partial charge is 0.294 e. The Hall–Kier alpha value is -1.69. The second-order valence-electron chi connectivity index (χ2n) is 4.42. The first-order valence-electron chi connectivity index (χ1n) is 6.37. The Bertz CT molecular complexity index is 462. The van der Waals surface area contributed by atoms with Crippen molar-refractivity contribution in [3.05, 3.63) is 35.1 Å². The van der Waals surface area contributed by atoms with E-state index in [4.69, 9.17) is 5.26 Å². The molecule has 1 unspecified atom stereocenters. The van der Waals surface area contributed by atoms with Gasteiger partial charge in [0.2, 0.25) is 0 Å². The summed E-state index contributed by atoms with van der Waals surface area (Å²) < 4.78 is 13.5. The van der Waals surface area contributed by atoms with Crippen LogP contribution in [0.25, 0.3) is 0 Å². The maximum atomic E-state index is 13.5. The molecule has 1 atom stereocenters. The van der Waals surface area contributed by atoms with Gasteiger partial charge in [-0.25, -0.2) is 4.39 Å². The quantitative estimate of drug-likeness (QED) is 0.710. The van der Waals surface area contributed by atoms with E-state index in [1.807, 2.05) is 6.92 Å². The van der Waals surface area contributed by atoms with Crippen LogP contribution < -0.4 is 0 Å². The molecule has 0 fully saturated rings. The van der Waals surface area contributed by atoms with Gasteiger partial charge in [-0.3, -0.25) is 4.79 Å². The van der Waals surface area contributed by atoms with Crippen LogP contribution >= 0.6 is 0 Å². The smallest absolute Gasteiger partial charge is 0.166 e. The van der Waals surface area contributed by atoms with Gasteiger partial charge in [0.05, 0.1) is 5.56 Å². The minimum absolute atomic E-state index is 0.0191. The van der Waals surface area contributed by atoms with Crippen molar-refractivity contribution in [1.82, 2.24) is 0 Å². The van der Waals surface area contributed by atoms with Gasteiger partial charge in [0.25, 0.3) is 0 Å². The van der Waals surface area contributed by atoms with Crippen molar-refractivity contribution in [2.24, 2.45) is 5.92 Å². The van der Waals surface area contributed by atoms with E-state index in [0.717, 1.165) is 25.7 Å². The molecule has 0 aliphatic rings. The van der Waals surface area contributed by atoms with Crippen molar-refractivity contribution in [2.45, 2.75) is 39.5 Å². The van der Waals surface area contributed by atoms with E-state index in [1.54, 1.807) is 12.1 Å². The van der Waals surface area contributed by atoms with E-state index in [0.29, 0.717) is 5.56 Å². The number of halogens is 1. The fourth-order valence-corrected chi connectivity index (χ4v) is 1.97. The van der Waals surface area contributed by atoms with Crippen LogP contribution in [0.15, 0.2) is 18.2 Å². The average Bonchev–Trinajstić information content (AvgIpc) is 2.39. The van der Waals surface area contributed by atoms with Crippen LogP contribution in [0.2, 0.25) is 0 Å². The first kappa shape index (κ1) is 14.4. The molecule has 18 heavy (non-hydrogen) atoms. The van der Waals surface area contributed by atoms with Gasteiger partial charge in [0, 0.05) is 11.5 Å². The van der Waals surface area contributed by atoms with Crippen LogP contribution in [0.3, 0.4) is 0 Å². The Morgan fingerprint density at radius 3 is 2.67 bits per heavy atom. The lowest BCUT2D eigenvalue weighted by Gasteiger charge is -2.13. The highest BCUT2D eigenvalue weighted by atomic mass is 19.1. The summed E-state index contributed by atoms with van der Waals surface area (Å²) in [5.41, 5.74) is 0.350. The summed E-state index contributed by atoms with van der Waals surface area (Å²) in [5, 5.41) is 8.64. The molecule has 0 N–H and O–H groups in total. The second-order valence-corrected chi connectivity index (χ2v) is 4.42. The molecule has 1 aromatic rings. The Kier molecular flexibility index (Phi) is 5.51. The molecular weight excluding hydrogens is 229 g/mol. The van der Waals surface area contributed by atoms with Gasteiger partial charge in [-0.15, -0.1) is 0 Å². The molecule has 1 aromatic carbocycles. The summed E-state index contributed by atoms with van der Waals surface area (Å²) in [5.74, 6) is -0.680. The van der Waals surface area contributed by atoms with Gasteiger partial charge in [0.15, 0.2) is 5.78 Å². The van der Waals surface area contributed by atoms with E-state index < -0.39 is 5.82 Å². The first-order valence-corrected chi connectivity index (χ1v) is 6.37. The lowest BCUT2D eigenvalue weighted by molar-refractivity contribution is 0.0907. The van der Waals surface area contributed by atoms with Gasteiger partial charge in [-0.05, 0) is 31.0 Å². The van der Waals surface area contributed by atoms with E-state index in [2.05, 4.69) is 6.92 Å². The molecule has 0 aromatic heterocycles. The Labute approximate surface area is 107 Å². The molecule has 0 radical (unpaired) electrons. The molecule has 0 heterocycles. The number of rotatable bonds is 6. The van der Waals surface area contributed by atoms with Crippen molar-refractivity contribution in [2.75, 3.05) is 0 Å². The normalized spacial score (nSPS) is 11.9. The molecule has 0 bridgehead atoms. The number of Topliss-reactive ketones (excluding diaryl/α,β-unsaturated/α-hetero) is 1. The van der Waals surface area contributed by atoms with Gasteiger partial charge in [-0.1, -0.05) is 26.7 Å². The summed E-state index contributed by atoms with van der Waals surface area (Å²) in [7, 11) is 0. The van der Waals surface area contributed by atoms with E-state index in [9.17, 15) is 9.18 Å². The van der Waals surface area contributed by atoms with Crippen LogP contribution in [0.1, 0.15) is 55.5 Å². The van der Waals surface area contributed by atoms with Crippen LogP contribution in [-0.2, 0) is 0 Å². The highest BCUT2D eigenvalue weighted by Gasteiger charge is 2.18. The molecule has 0 saturated carbocycles. The van der Waals surface area contributed by atoms with Crippen LogP contribution in [0.5, 0.6) is 0 Å². The van der Waals surface area contributed by atoms with Crippen molar-refractivity contribution in [1.29, 1.82) is 5.26 Å². The Balaban J connectivity index is 2.89. The van der Waals surface area contributed by atoms with Gasteiger partial charge < -0.3 is 0 Å². The standard InChI is InChI=1S/C15H18FNO/c1-3-5-6-11(4-2)15(18)12-7-8-13(10-17)14(16)9-12/h7-9,11H,3-6H2,1-2H3. The zero-order chi connectivity index (χ0) is 13.5. The molecule has 0 spiro atoms. The number of nitriles is 1. The molecule has 0 saturated heterocycles. The van der Waals surface area contributed by atoms with Crippen LogP contribution in [0.4, 0.5) is 4.39 Å². The molecule has 0 aliphatic heterocycles. The number of hydrogen-bond donors (Lipinski definition) is 0. The summed E-state index contributed by atoms with van der Waals surface area (Å²) in [6, 6.07) is 5.84. The fourth-order valence-electron chi connectivity index (χ4n) is 1.97. The van der Waals surface area contributed by atoms with Crippen LogP contribution in [0, 0.1) is 23.1 Å². The maximum Gasteiger partial charge on any atom is 0.166 e. The Morgan fingerprint density at radius 2 is 2.17 bits per heavy atom. The summed E-state index contributed by atoms with van der Waals surface area (Å²) >= 11 is 0. The maximum absolute atomic E-state index is 13.5. The first-order chi connectivity index (χ1) is 8.63. The number of nitrogens with zero attached hydrogens (tertiary/aromatic N) is 1. The third kappa shape index (κ3) is 3.40. The zero-order valence-electron chi connectivity index (χ0n) is 10.9. The molecule has 0 amide bonds. The molecule has 0 aliphatic carbocycles. The fraction of sp³-hybridized carbons (Fsp3) is 0.467. The van der Waals surface area contributed by atoms with E-state index >= 15 is 0 Å². The van der Waals surface area contributed by atoms with E-state index in [1.165, 1.54) is 12.1 Å². The zero-order valence-corrected chi connectivity index (χ0v) is 10.9. The number of benzene rings is 1. The third-order valence-electron chi connectivity index (χ3n) is 3.14. The van der Waals surface area contributed by atoms with Crippen molar-refractivity contribution < 1.29 is 9.18 Å². The van der Waals surface area contributed by atoms with Crippen LogP contribution in [-0.4, -0.2) is 5.78 Å². The molecular formula is C15H18FNO. The van der Waals surface area contributed by atoms with Gasteiger partial charge in [0.1, 0.15) is 11.9 Å². The second kappa shape index (κ2) is 6.90. The highest BCUT2D eigenvalue weighted by molar-refractivity contribution is 5.97. The topological polar surface area (TPSA) is 40.9 Å². The highest BCUT2D eigenvalue weighted by Crippen LogP contribution is 2.20. The number of carbonyl (C=O) groups is 1. The lowest BCUT2D eigenvalue weighted by atomic mass is 9.90. The minimum Gasteiger partial charge on any atom is -0.294 e. The third-order valence-corrected chi connectivity index (χ3v) is 3.14. The van der Waals surface area contributed by atoms with Gasteiger partial charge >= 0.3 is 0 Å². The molecule has 1 rings (SSSR count). The molecule has 96 valence electrons. The minimum atomic E-state index is -0.617. The lowest BCUT2D eigenvalue weighted by Crippen LogP contribution is -2.14. The van der Waals surface area contributed by atoms with Crippen molar-refractivity contribution >= 4 is 5.78 Å². The predicted octanol–water partition coefficient (Wildman–Crippen LogP) is 4.10. The predicted molar refractivity (Wildman–Crippen MR) is 68.8 cm³/mol. The number of ketones is 1. The summed E-state index contributed by atoms with van der Waals surface area (Å²) in [6.45, 7) is 4.05. The SMILES string of the molecule is CCCCC(CC)C(=O)c1ccc(C#N)c(F)c1.